The third-order valence-electron chi connectivity index (χ3n) is 3.09. The fourth-order valence-electron chi connectivity index (χ4n) is 1.85. The van der Waals surface area contributed by atoms with Crippen molar-refractivity contribution in [1.82, 2.24) is 0 Å². The monoisotopic (exact) mass is 225 g/mol. The summed E-state index contributed by atoms with van der Waals surface area (Å²) in [6.45, 7) is 4.45. The highest BCUT2D eigenvalue weighted by molar-refractivity contribution is 5.85. The van der Waals surface area contributed by atoms with Gasteiger partial charge in [-0.3, -0.25) is 0 Å². The summed E-state index contributed by atoms with van der Waals surface area (Å²) in [5.41, 5.74) is 8.89. The average Bonchev–Trinajstić information content (AvgIpc) is 3.00. The average molecular weight is 226 g/mol. The smallest absolute Gasteiger partial charge is 0.0323 e. The van der Waals surface area contributed by atoms with Gasteiger partial charge in [0.1, 0.15) is 0 Å². The minimum atomic E-state index is 0. The summed E-state index contributed by atoms with van der Waals surface area (Å²) in [6, 6.07) is 9.03. The molecule has 15 heavy (non-hydrogen) atoms. The van der Waals surface area contributed by atoms with Crippen molar-refractivity contribution < 1.29 is 0 Å². The van der Waals surface area contributed by atoms with Gasteiger partial charge in [0.2, 0.25) is 0 Å². The summed E-state index contributed by atoms with van der Waals surface area (Å²) >= 11 is 0. The van der Waals surface area contributed by atoms with Crippen molar-refractivity contribution in [1.29, 1.82) is 0 Å². The van der Waals surface area contributed by atoms with Gasteiger partial charge in [-0.2, -0.15) is 0 Å². The lowest BCUT2D eigenvalue weighted by atomic mass is 9.96. The molecule has 1 aliphatic carbocycles. The third kappa shape index (κ3) is 2.96. The molecule has 0 amide bonds. The number of benzene rings is 1. The van der Waals surface area contributed by atoms with E-state index in [1.54, 1.807) is 0 Å². The van der Waals surface area contributed by atoms with Crippen LogP contribution < -0.4 is 5.73 Å². The fraction of sp³-hybridized carbons (Fsp3) is 0.538. The molecule has 1 aromatic carbocycles. The highest BCUT2D eigenvalue weighted by atomic mass is 35.5. The predicted molar refractivity (Wildman–Crippen MR) is 67.4 cm³/mol. The quantitative estimate of drug-likeness (QED) is 0.835. The molecule has 0 bridgehead atoms. The lowest BCUT2D eigenvalue weighted by Crippen LogP contribution is -2.12. The van der Waals surface area contributed by atoms with Gasteiger partial charge in [0.05, 0.1) is 0 Å². The highest BCUT2D eigenvalue weighted by Gasteiger charge is 2.29. The Morgan fingerprint density at radius 2 is 1.80 bits per heavy atom. The van der Waals surface area contributed by atoms with Crippen molar-refractivity contribution >= 4 is 12.4 Å². The molecule has 0 spiro atoms. The molecule has 1 fully saturated rings. The van der Waals surface area contributed by atoms with Crippen molar-refractivity contribution in [3.05, 3.63) is 35.4 Å². The van der Waals surface area contributed by atoms with Crippen LogP contribution in [0.3, 0.4) is 0 Å². The topological polar surface area (TPSA) is 26.0 Å². The SMILES string of the molecule is CC(C)c1cccc([C@H](N)C2CC2)c1.Cl. The largest absolute Gasteiger partial charge is 0.324 e. The molecule has 1 saturated carbocycles. The van der Waals surface area contributed by atoms with E-state index in [1.165, 1.54) is 24.0 Å². The maximum Gasteiger partial charge on any atom is 0.0323 e. The van der Waals surface area contributed by atoms with E-state index in [-0.39, 0.29) is 18.4 Å². The maximum absolute atomic E-state index is 6.17. The van der Waals surface area contributed by atoms with Crippen LogP contribution in [0.5, 0.6) is 0 Å². The molecule has 0 heterocycles. The van der Waals surface area contributed by atoms with Gasteiger partial charge < -0.3 is 5.73 Å². The summed E-state index contributed by atoms with van der Waals surface area (Å²) in [5, 5.41) is 0. The van der Waals surface area contributed by atoms with Crippen molar-refractivity contribution in [3.63, 3.8) is 0 Å². The number of halogens is 1. The van der Waals surface area contributed by atoms with Crippen LogP contribution in [-0.4, -0.2) is 0 Å². The molecule has 1 aromatic rings. The van der Waals surface area contributed by atoms with Gasteiger partial charge in [0.15, 0.2) is 0 Å². The third-order valence-corrected chi connectivity index (χ3v) is 3.09. The van der Waals surface area contributed by atoms with Crippen molar-refractivity contribution in [3.8, 4) is 0 Å². The molecule has 1 aliphatic rings. The minimum Gasteiger partial charge on any atom is -0.324 e. The van der Waals surface area contributed by atoms with Crippen LogP contribution in [0, 0.1) is 5.92 Å². The first-order valence-corrected chi connectivity index (χ1v) is 5.54. The molecule has 84 valence electrons. The molecule has 0 aromatic heterocycles. The Hall–Kier alpha value is -0.530. The summed E-state index contributed by atoms with van der Waals surface area (Å²) in [4.78, 5) is 0. The van der Waals surface area contributed by atoms with Crippen molar-refractivity contribution in [2.45, 2.75) is 38.6 Å². The van der Waals surface area contributed by atoms with E-state index in [0.717, 1.165) is 5.92 Å². The van der Waals surface area contributed by atoms with Crippen LogP contribution >= 0.6 is 12.4 Å². The van der Waals surface area contributed by atoms with Gasteiger partial charge in [-0.15, -0.1) is 12.4 Å². The normalized spacial score (nSPS) is 17.3. The summed E-state index contributed by atoms with van der Waals surface area (Å²) in [6.07, 6.45) is 2.63. The standard InChI is InChI=1S/C13H19N.ClH/c1-9(2)11-4-3-5-12(8-11)13(14)10-6-7-10;/h3-5,8-10,13H,6-7,14H2,1-2H3;1H/t13-;/m1./s1. The van der Waals surface area contributed by atoms with E-state index in [0.29, 0.717) is 5.92 Å². The molecular formula is C13H20ClN. The van der Waals surface area contributed by atoms with Crippen LogP contribution in [0.2, 0.25) is 0 Å². The van der Waals surface area contributed by atoms with Gasteiger partial charge in [-0.05, 0) is 35.8 Å². The Morgan fingerprint density at radius 1 is 1.20 bits per heavy atom. The van der Waals surface area contributed by atoms with Gasteiger partial charge in [0, 0.05) is 6.04 Å². The Morgan fingerprint density at radius 3 is 2.33 bits per heavy atom. The molecule has 0 saturated heterocycles. The van der Waals surface area contributed by atoms with Gasteiger partial charge in [-0.25, -0.2) is 0 Å². The van der Waals surface area contributed by atoms with E-state index in [1.807, 2.05) is 0 Å². The summed E-state index contributed by atoms with van der Waals surface area (Å²) in [5.74, 6) is 1.35. The van der Waals surface area contributed by atoms with E-state index >= 15 is 0 Å². The van der Waals surface area contributed by atoms with Crippen molar-refractivity contribution in [2.75, 3.05) is 0 Å². The first-order chi connectivity index (χ1) is 6.68. The first kappa shape index (κ1) is 12.5. The molecule has 2 rings (SSSR count). The zero-order valence-electron chi connectivity index (χ0n) is 9.44. The zero-order chi connectivity index (χ0) is 10.1. The van der Waals surface area contributed by atoms with Crippen LogP contribution in [0.15, 0.2) is 24.3 Å². The van der Waals surface area contributed by atoms with Gasteiger partial charge in [-0.1, -0.05) is 38.1 Å². The fourth-order valence-corrected chi connectivity index (χ4v) is 1.85. The highest BCUT2D eigenvalue weighted by Crippen LogP contribution is 2.39. The Balaban J connectivity index is 0.00000112. The Bertz CT molecular complexity index is 318. The molecule has 1 atom stereocenters. The first-order valence-electron chi connectivity index (χ1n) is 5.54. The second-order valence-electron chi connectivity index (χ2n) is 4.69. The van der Waals surface area contributed by atoms with Crippen LogP contribution in [0.4, 0.5) is 0 Å². The second-order valence-corrected chi connectivity index (χ2v) is 4.69. The van der Waals surface area contributed by atoms with E-state index < -0.39 is 0 Å². The van der Waals surface area contributed by atoms with E-state index in [4.69, 9.17) is 5.73 Å². The van der Waals surface area contributed by atoms with Crippen molar-refractivity contribution in [2.24, 2.45) is 11.7 Å². The number of nitrogens with two attached hydrogens (primary N) is 1. The minimum absolute atomic E-state index is 0. The van der Waals surface area contributed by atoms with Crippen LogP contribution in [-0.2, 0) is 0 Å². The van der Waals surface area contributed by atoms with Gasteiger partial charge >= 0.3 is 0 Å². The number of hydrogen-bond acceptors (Lipinski definition) is 1. The molecule has 0 aliphatic heterocycles. The molecule has 1 nitrogen and oxygen atoms in total. The molecule has 0 radical (unpaired) electrons. The lowest BCUT2D eigenvalue weighted by molar-refractivity contribution is 0.631. The number of rotatable bonds is 3. The lowest BCUT2D eigenvalue weighted by Gasteiger charge is -2.13. The Labute approximate surface area is 98.5 Å². The zero-order valence-corrected chi connectivity index (χ0v) is 10.3. The van der Waals surface area contributed by atoms with Gasteiger partial charge in [0.25, 0.3) is 0 Å². The van der Waals surface area contributed by atoms with Crippen LogP contribution in [0.25, 0.3) is 0 Å². The number of hydrogen-bond donors (Lipinski definition) is 1. The molecule has 0 unspecified atom stereocenters. The molecular weight excluding hydrogens is 206 g/mol. The second kappa shape index (κ2) is 5.00. The summed E-state index contributed by atoms with van der Waals surface area (Å²) in [7, 11) is 0. The van der Waals surface area contributed by atoms with E-state index in [9.17, 15) is 0 Å². The van der Waals surface area contributed by atoms with Crippen LogP contribution in [0.1, 0.15) is 49.8 Å². The molecule has 2 N–H and O–H groups in total. The van der Waals surface area contributed by atoms with E-state index in [2.05, 4.69) is 38.1 Å². The summed E-state index contributed by atoms with van der Waals surface area (Å²) < 4.78 is 0. The molecule has 2 heteroatoms. The Kier molecular flexibility index (Phi) is 4.18. The predicted octanol–water partition coefficient (Wildman–Crippen LogP) is 3.64. The maximum atomic E-state index is 6.17.